The van der Waals surface area contributed by atoms with Crippen molar-refractivity contribution in [3.63, 3.8) is 0 Å². The van der Waals surface area contributed by atoms with Crippen LogP contribution >= 0.6 is 0 Å². The molecule has 1 heterocycles. The fourth-order valence-corrected chi connectivity index (χ4v) is 4.59. The van der Waals surface area contributed by atoms with Crippen LogP contribution in [-0.2, 0) is 16.1 Å². The van der Waals surface area contributed by atoms with Crippen LogP contribution in [-0.4, -0.2) is 41.8 Å². The van der Waals surface area contributed by atoms with Gasteiger partial charge in [0.15, 0.2) is 0 Å². The van der Waals surface area contributed by atoms with Gasteiger partial charge in [0.1, 0.15) is 12.6 Å². The van der Waals surface area contributed by atoms with E-state index in [0.717, 1.165) is 27.6 Å². The fourth-order valence-electron chi connectivity index (χ4n) is 4.59. The highest BCUT2D eigenvalue weighted by Crippen LogP contribution is 2.37. The second-order valence-corrected chi connectivity index (χ2v) is 9.64. The van der Waals surface area contributed by atoms with Gasteiger partial charge in [0.2, 0.25) is 11.8 Å². The van der Waals surface area contributed by atoms with Crippen molar-refractivity contribution in [2.45, 2.75) is 46.7 Å². The molecule has 1 aliphatic heterocycles. The predicted octanol–water partition coefficient (Wildman–Crippen LogP) is 4.69. The summed E-state index contributed by atoms with van der Waals surface area (Å²) >= 11 is 0. The van der Waals surface area contributed by atoms with Crippen molar-refractivity contribution < 1.29 is 14.4 Å². The van der Waals surface area contributed by atoms with Crippen molar-refractivity contribution >= 4 is 34.2 Å². The molecule has 1 unspecified atom stereocenters. The highest BCUT2D eigenvalue weighted by atomic mass is 16.2. The van der Waals surface area contributed by atoms with E-state index in [1.54, 1.807) is 15.9 Å². The largest absolute Gasteiger partial charge is 0.354 e. The third kappa shape index (κ3) is 5.06. The minimum Gasteiger partial charge on any atom is -0.354 e. The Bertz CT molecular complexity index is 1240. The summed E-state index contributed by atoms with van der Waals surface area (Å²) in [7, 11) is 0. The van der Waals surface area contributed by atoms with Gasteiger partial charge in [-0.25, -0.2) is 0 Å². The van der Waals surface area contributed by atoms with E-state index < -0.39 is 6.04 Å². The summed E-state index contributed by atoms with van der Waals surface area (Å²) in [5.74, 6) is -0.299. The van der Waals surface area contributed by atoms with Gasteiger partial charge in [0, 0.05) is 24.0 Å². The van der Waals surface area contributed by atoms with Gasteiger partial charge in [-0.3, -0.25) is 19.3 Å². The van der Waals surface area contributed by atoms with Gasteiger partial charge >= 0.3 is 0 Å². The van der Waals surface area contributed by atoms with Crippen LogP contribution in [0.5, 0.6) is 0 Å². The summed E-state index contributed by atoms with van der Waals surface area (Å²) < 4.78 is 0. The Hall–Kier alpha value is -3.67. The maximum absolute atomic E-state index is 13.8. The monoisotopic (exact) mass is 471 g/mol. The Balaban J connectivity index is 1.63. The Morgan fingerprint density at radius 1 is 1.00 bits per heavy atom. The number of rotatable bonds is 9. The summed E-state index contributed by atoms with van der Waals surface area (Å²) in [5, 5.41) is 4.83. The van der Waals surface area contributed by atoms with Crippen LogP contribution in [0.3, 0.4) is 0 Å². The summed E-state index contributed by atoms with van der Waals surface area (Å²) in [5.41, 5.74) is 3.42. The summed E-state index contributed by atoms with van der Waals surface area (Å²) in [6, 6.07) is 18.7. The second-order valence-electron chi connectivity index (χ2n) is 9.64. The lowest BCUT2D eigenvalue weighted by Crippen LogP contribution is -2.52. The van der Waals surface area contributed by atoms with E-state index in [2.05, 4.69) is 5.32 Å². The zero-order valence-electron chi connectivity index (χ0n) is 20.9. The smallest absolute Gasteiger partial charge is 0.259 e. The number of carbonyl (C=O) groups excluding carboxylic acids is 3. The molecule has 35 heavy (non-hydrogen) atoms. The van der Waals surface area contributed by atoms with Gasteiger partial charge in [-0.2, -0.15) is 0 Å². The number of benzene rings is 3. The lowest BCUT2D eigenvalue weighted by atomic mass is 10.1. The third-order valence-electron chi connectivity index (χ3n) is 6.49. The van der Waals surface area contributed by atoms with Gasteiger partial charge in [0.25, 0.3) is 5.91 Å². The first kappa shape index (κ1) is 24.5. The molecule has 3 aromatic rings. The van der Waals surface area contributed by atoms with Crippen LogP contribution in [0.2, 0.25) is 0 Å². The molecule has 1 aliphatic rings. The molecule has 0 aliphatic carbocycles. The van der Waals surface area contributed by atoms with Gasteiger partial charge in [-0.15, -0.1) is 0 Å². The number of nitrogens with zero attached hydrogens (tertiary/aromatic N) is 2. The Kier molecular flexibility index (Phi) is 7.20. The van der Waals surface area contributed by atoms with Crippen molar-refractivity contribution in [1.29, 1.82) is 0 Å². The predicted molar refractivity (Wildman–Crippen MR) is 139 cm³/mol. The van der Waals surface area contributed by atoms with Gasteiger partial charge in [0.05, 0.1) is 5.69 Å². The lowest BCUT2D eigenvalue weighted by Gasteiger charge is -2.32. The molecule has 4 rings (SSSR count). The number of hydrogen-bond acceptors (Lipinski definition) is 3. The molecule has 1 N–H and O–H groups in total. The van der Waals surface area contributed by atoms with Crippen LogP contribution in [0.15, 0.2) is 60.7 Å². The molecule has 0 saturated carbocycles. The second kappa shape index (κ2) is 10.3. The zero-order valence-corrected chi connectivity index (χ0v) is 20.9. The highest BCUT2D eigenvalue weighted by Gasteiger charge is 2.35. The van der Waals surface area contributed by atoms with Crippen LogP contribution in [0, 0.1) is 12.8 Å². The molecule has 0 radical (unpaired) electrons. The van der Waals surface area contributed by atoms with E-state index in [1.165, 1.54) is 0 Å². The average Bonchev–Trinajstić information content (AvgIpc) is 3.11. The van der Waals surface area contributed by atoms with E-state index in [9.17, 15) is 14.4 Å². The molecule has 0 fully saturated rings. The fraction of sp³-hybridized carbons (Fsp3) is 0.345. The molecule has 182 valence electrons. The first-order chi connectivity index (χ1) is 16.8. The standard InChI is InChI=1S/C29H33N3O3/c1-5-24(28(34)30-16-19(2)3)31(17-21-14-12-20(4)13-15-21)26(33)18-32-25-11-7-9-22-8-6-10-23(27(22)25)29(32)35/h6-15,19,24H,5,16-18H2,1-4H3,(H,30,34). The summed E-state index contributed by atoms with van der Waals surface area (Å²) in [6.07, 6.45) is 0.477. The number of amides is 3. The minimum atomic E-state index is -0.626. The molecule has 3 aromatic carbocycles. The number of nitrogens with one attached hydrogen (secondary N) is 1. The summed E-state index contributed by atoms with van der Waals surface area (Å²) in [4.78, 5) is 43.3. The molecule has 0 bridgehead atoms. The van der Waals surface area contributed by atoms with E-state index in [-0.39, 0.29) is 24.3 Å². The Labute approximate surface area is 206 Å². The molecule has 0 aromatic heterocycles. The van der Waals surface area contributed by atoms with Crippen molar-refractivity contribution in [2.75, 3.05) is 18.0 Å². The van der Waals surface area contributed by atoms with Crippen LogP contribution in [0.25, 0.3) is 10.8 Å². The molecular weight excluding hydrogens is 438 g/mol. The topological polar surface area (TPSA) is 69.7 Å². The molecule has 6 heteroatoms. The van der Waals surface area contributed by atoms with Crippen LogP contribution in [0.1, 0.15) is 48.7 Å². The lowest BCUT2D eigenvalue weighted by molar-refractivity contribution is -0.140. The minimum absolute atomic E-state index is 0.119. The van der Waals surface area contributed by atoms with Gasteiger partial charge in [-0.05, 0) is 42.3 Å². The maximum Gasteiger partial charge on any atom is 0.259 e. The van der Waals surface area contributed by atoms with Crippen molar-refractivity contribution in [1.82, 2.24) is 10.2 Å². The van der Waals surface area contributed by atoms with Crippen molar-refractivity contribution in [3.8, 4) is 0 Å². The molecule has 0 spiro atoms. The van der Waals surface area contributed by atoms with Crippen molar-refractivity contribution in [3.05, 3.63) is 77.4 Å². The average molecular weight is 472 g/mol. The zero-order chi connectivity index (χ0) is 25.1. The normalized spacial score (nSPS) is 13.4. The first-order valence-electron chi connectivity index (χ1n) is 12.3. The molecule has 0 saturated heterocycles. The number of carbonyl (C=O) groups is 3. The van der Waals surface area contributed by atoms with Crippen LogP contribution in [0.4, 0.5) is 5.69 Å². The highest BCUT2D eigenvalue weighted by molar-refractivity contribution is 6.26. The maximum atomic E-state index is 13.8. The Morgan fingerprint density at radius 3 is 2.34 bits per heavy atom. The van der Waals surface area contributed by atoms with E-state index in [1.807, 2.05) is 82.3 Å². The van der Waals surface area contributed by atoms with E-state index in [0.29, 0.717) is 31.0 Å². The molecule has 6 nitrogen and oxygen atoms in total. The number of hydrogen-bond donors (Lipinski definition) is 1. The van der Waals surface area contributed by atoms with Crippen molar-refractivity contribution in [2.24, 2.45) is 5.92 Å². The molecule has 3 amide bonds. The molecule has 1 atom stereocenters. The van der Waals surface area contributed by atoms with Gasteiger partial charge < -0.3 is 10.2 Å². The quantitative estimate of drug-likeness (QED) is 0.492. The first-order valence-corrected chi connectivity index (χ1v) is 12.3. The van der Waals surface area contributed by atoms with Crippen LogP contribution < -0.4 is 10.2 Å². The van der Waals surface area contributed by atoms with E-state index >= 15 is 0 Å². The number of aryl methyl sites for hydroxylation is 1. The third-order valence-corrected chi connectivity index (χ3v) is 6.49. The van der Waals surface area contributed by atoms with E-state index in [4.69, 9.17) is 0 Å². The SMILES string of the molecule is CCC(C(=O)NCC(C)C)N(Cc1ccc(C)cc1)C(=O)CN1C(=O)c2cccc3cccc1c23. The van der Waals surface area contributed by atoms with Gasteiger partial charge in [-0.1, -0.05) is 74.9 Å². The number of anilines is 1. The molecular formula is C29H33N3O3. The summed E-state index contributed by atoms with van der Waals surface area (Å²) in [6.45, 7) is 8.72. The Morgan fingerprint density at radius 2 is 1.69 bits per heavy atom.